The first kappa shape index (κ1) is 15.7. The van der Waals surface area contributed by atoms with Crippen LogP contribution in [-0.4, -0.2) is 18.8 Å². The third-order valence-electron chi connectivity index (χ3n) is 2.83. The smallest absolute Gasteiger partial charge is 0.0598 e. The van der Waals surface area contributed by atoms with Crippen molar-refractivity contribution in [2.75, 3.05) is 13.2 Å². The molecule has 1 unspecified atom stereocenters. The van der Waals surface area contributed by atoms with Crippen LogP contribution in [-0.2, 0) is 11.2 Å². The zero-order valence-electron chi connectivity index (χ0n) is 11.6. The van der Waals surface area contributed by atoms with E-state index in [1.54, 1.807) is 0 Å². The van der Waals surface area contributed by atoms with Gasteiger partial charge < -0.3 is 10.5 Å². The van der Waals surface area contributed by atoms with Gasteiger partial charge in [-0.05, 0) is 63.8 Å². The minimum Gasteiger partial charge on any atom is -0.376 e. The van der Waals surface area contributed by atoms with Crippen molar-refractivity contribution in [2.24, 2.45) is 11.7 Å². The van der Waals surface area contributed by atoms with Gasteiger partial charge in [0.1, 0.15) is 0 Å². The van der Waals surface area contributed by atoms with Crippen molar-refractivity contribution in [3.63, 3.8) is 0 Å². The highest BCUT2D eigenvalue weighted by Gasteiger charge is 2.13. The molecule has 1 rings (SSSR count). The van der Waals surface area contributed by atoms with E-state index in [9.17, 15) is 0 Å². The average molecular weight is 314 g/mol. The minimum atomic E-state index is -0.0588. The van der Waals surface area contributed by atoms with E-state index in [0.717, 1.165) is 23.9 Å². The van der Waals surface area contributed by atoms with Crippen molar-refractivity contribution in [1.82, 2.24) is 0 Å². The minimum absolute atomic E-state index is 0.0588. The molecule has 2 nitrogen and oxygen atoms in total. The van der Waals surface area contributed by atoms with Crippen LogP contribution in [0.4, 0.5) is 0 Å². The fourth-order valence-electron chi connectivity index (χ4n) is 1.79. The van der Waals surface area contributed by atoms with Crippen LogP contribution in [0.5, 0.6) is 0 Å². The summed E-state index contributed by atoms with van der Waals surface area (Å²) >= 11 is 3.45. The zero-order chi connectivity index (χ0) is 13.6. The molecule has 0 aromatic heterocycles. The van der Waals surface area contributed by atoms with Crippen LogP contribution in [0.3, 0.4) is 0 Å². The van der Waals surface area contributed by atoms with E-state index in [4.69, 9.17) is 10.5 Å². The molecule has 0 aliphatic rings. The third-order valence-corrected chi connectivity index (χ3v) is 3.36. The molecule has 18 heavy (non-hydrogen) atoms. The normalized spacial score (nSPS) is 13.6. The monoisotopic (exact) mass is 313 g/mol. The van der Waals surface area contributed by atoms with Gasteiger partial charge in [-0.3, -0.25) is 0 Å². The van der Waals surface area contributed by atoms with Gasteiger partial charge in [-0.2, -0.15) is 0 Å². The predicted octanol–water partition coefficient (Wildman–Crippen LogP) is 3.77. The molecule has 0 bridgehead atoms. The van der Waals surface area contributed by atoms with E-state index in [1.165, 1.54) is 5.56 Å². The number of ether oxygens (including phenoxy) is 1. The largest absolute Gasteiger partial charge is 0.376 e. The van der Waals surface area contributed by atoms with Gasteiger partial charge in [-0.25, -0.2) is 0 Å². The Balaban J connectivity index is 2.40. The second-order valence-corrected chi connectivity index (χ2v) is 6.60. The van der Waals surface area contributed by atoms with Crippen LogP contribution in [0.1, 0.15) is 32.8 Å². The summed E-state index contributed by atoms with van der Waals surface area (Å²) in [7, 11) is 0. The summed E-state index contributed by atoms with van der Waals surface area (Å²) in [5.41, 5.74) is 7.11. The van der Waals surface area contributed by atoms with Gasteiger partial charge in [0.15, 0.2) is 0 Å². The van der Waals surface area contributed by atoms with Crippen LogP contribution >= 0.6 is 15.9 Å². The summed E-state index contributed by atoms with van der Waals surface area (Å²) in [6, 6.07) is 8.46. The van der Waals surface area contributed by atoms with Crippen LogP contribution < -0.4 is 5.73 Å². The highest BCUT2D eigenvalue weighted by atomic mass is 79.9. The van der Waals surface area contributed by atoms with Crippen molar-refractivity contribution < 1.29 is 4.74 Å². The first-order valence-corrected chi connectivity index (χ1v) is 7.28. The Labute approximate surface area is 119 Å². The summed E-state index contributed by atoms with van der Waals surface area (Å²) in [5, 5.41) is 0. The Morgan fingerprint density at radius 1 is 1.22 bits per heavy atom. The number of hydrogen-bond donors (Lipinski definition) is 1. The van der Waals surface area contributed by atoms with E-state index < -0.39 is 0 Å². The van der Waals surface area contributed by atoms with Gasteiger partial charge in [-0.15, -0.1) is 0 Å². The SMILES string of the molecule is CC(C)(C)OCCC(CN)Cc1ccc(Br)cc1. The fraction of sp³-hybridized carbons (Fsp3) is 0.600. The predicted molar refractivity (Wildman–Crippen MR) is 80.7 cm³/mol. The molecule has 0 aliphatic heterocycles. The molecule has 0 fully saturated rings. The first-order valence-electron chi connectivity index (χ1n) is 6.49. The van der Waals surface area contributed by atoms with Gasteiger partial charge in [0.2, 0.25) is 0 Å². The Bertz CT molecular complexity index is 343. The van der Waals surface area contributed by atoms with Crippen LogP contribution in [0.25, 0.3) is 0 Å². The molecule has 0 spiro atoms. The molecule has 3 heteroatoms. The molecule has 2 N–H and O–H groups in total. The van der Waals surface area contributed by atoms with Crippen molar-refractivity contribution >= 4 is 15.9 Å². The summed E-state index contributed by atoms with van der Waals surface area (Å²) in [4.78, 5) is 0. The van der Waals surface area contributed by atoms with Gasteiger partial charge in [0.25, 0.3) is 0 Å². The maximum Gasteiger partial charge on any atom is 0.0598 e. The Kier molecular flexibility index (Phi) is 6.33. The summed E-state index contributed by atoms with van der Waals surface area (Å²) in [5.74, 6) is 0.494. The lowest BCUT2D eigenvalue weighted by atomic mass is 9.96. The second-order valence-electron chi connectivity index (χ2n) is 5.68. The fourth-order valence-corrected chi connectivity index (χ4v) is 2.05. The third kappa shape index (κ3) is 6.53. The highest BCUT2D eigenvalue weighted by molar-refractivity contribution is 9.10. The standard InChI is InChI=1S/C15H24BrNO/c1-15(2,3)18-9-8-13(11-17)10-12-4-6-14(16)7-5-12/h4-7,13H,8-11,17H2,1-3H3. The van der Waals surface area contributed by atoms with E-state index in [0.29, 0.717) is 12.5 Å². The van der Waals surface area contributed by atoms with Crippen LogP contribution in [0.15, 0.2) is 28.7 Å². The molecule has 0 aliphatic carbocycles. The molecule has 0 amide bonds. The molecule has 0 radical (unpaired) electrons. The molecular formula is C15H24BrNO. The maximum atomic E-state index is 5.84. The Hall–Kier alpha value is -0.380. The van der Waals surface area contributed by atoms with E-state index in [1.807, 2.05) is 0 Å². The molecule has 1 aromatic rings. The van der Waals surface area contributed by atoms with Crippen molar-refractivity contribution in [2.45, 2.75) is 39.2 Å². The summed E-state index contributed by atoms with van der Waals surface area (Å²) in [6.45, 7) is 7.74. The van der Waals surface area contributed by atoms with Gasteiger partial charge in [-0.1, -0.05) is 28.1 Å². The van der Waals surface area contributed by atoms with Crippen molar-refractivity contribution in [1.29, 1.82) is 0 Å². The summed E-state index contributed by atoms with van der Waals surface area (Å²) < 4.78 is 6.87. The highest BCUT2D eigenvalue weighted by Crippen LogP contribution is 2.16. The number of nitrogens with two attached hydrogens (primary N) is 1. The number of hydrogen-bond acceptors (Lipinski definition) is 2. The molecule has 1 aromatic carbocycles. The van der Waals surface area contributed by atoms with E-state index in [-0.39, 0.29) is 5.60 Å². The van der Waals surface area contributed by atoms with E-state index >= 15 is 0 Å². The lowest BCUT2D eigenvalue weighted by Crippen LogP contribution is -2.24. The van der Waals surface area contributed by atoms with Gasteiger partial charge >= 0.3 is 0 Å². The average Bonchev–Trinajstić information content (AvgIpc) is 2.29. The van der Waals surface area contributed by atoms with Gasteiger partial charge in [0, 0.05) is 11.1 Å². The molecule has 0 saturated carbocycles. The van der Waals surface area contributed by atoms with E-state index in [2.05, 4.69) is 61.0 Å². The van der Waals surface area contributed by atoms with Crippen molar-refractivity contribution in [3.8, 4) is 0 Å². The number of benzene rings is 1. The topological polar surface area (TPSA) is 35.2 Å². The molecule has 102 valence electrons. The Morgan fingerprint density at radius 3 is 2.33 bits per heavy atom. The second kappa shape index (κ2) is 7.27. The summed E-state index contributed by atoms with van der Waals surface area (Å²) in [6.07, 6.45) is 2.04. The van der Waals surface area contributed by atoms with Crippen LogP contribution in [0, 0.1) is 5.92 Å². The molecular weight excluding hydrogens is 290 g/mol. The van der Waals surface area contributed by atoms with Gasteiger partial charge in [0.05, 0.1) is 5.60 Å². The maximum absolute atomic E-state index is 5.84. The molecule has 0 heterocycles. The lowest BCUT2D eigenvalue weighted by Gasteiger charge is -2.22. The molecule has 1 atom stereocenters. The van der Waals surface area contributed by atoms with Crippen molar-refractivity contribution in [3.05, 3.63) is 34.3 Å². The lowest BCUT2D eigenvalue weighted by molar-refractivity contribution is -0.00886. The quantitative estimate of drug-likeness (QED) is 0.867. The number of rotatable bonds is 6. The van der Waals surface area contributed by atoms with Crippen LogP contribution in [0.2, 0.25) is 0 Å². The number of halogens is 1. The molecule has 0 saturated heterocycles. The zero-order valence-corrected chi connectivity index (χ0v) is 13.2. The first-order chi connectivity index (χ1) is 8.40. The Morgan fingerprint density at radius 2 is 1.83 bits per heavy atom.